The third kappa shape index (κ3) is 1.97. The molecule has 18 heavy (non-hydrogen) atoms. The smallest absolute Gasteiger partial charge is 0.502 e. The van der Waals surface area contributed by atoms with Gasteiger partial charge in [-0.05, 0) is 13.0 Å². The Bertz CT molecular complexity index is 603. The number of aromatic nitrogens is 1. The maximum Gasteiger partial charge on any atom is 0.513 e. The van der Waals surface area contributed by atoms with Crippen LogP contribution in [0.4, 0.5) is 4.79 Å². The van der Waals surface area contributed by atoms with Crippen LogP contribution in [0.1, 0.15) is 17.3 Å². The zero-order valence-corrected chi connectivity index (χ0v) is 9.37. The number of hydrogen-bond donors (Lipinski definition) is 1. The second-order valence-electron chi connectivity index (χ2n) is 3.25. The largest absolute Gasteiger partial charge is 0.513 e. The van der Waals surface area contributed by atoms with Crippen molar-refractivity contribution in [3.63, 3.8) is 0 Å². The number of rotatable bonds is 3. The van der Waals surface area contributed by atoms with Crippen LogP contribution in [0.2, 0.25) is 0 Å². The van der Waals surface area contributed by atoms with Crippen molar-refractivity contribution in [3.8, 4) is 11.5 Å². The number of phenolic OH excluding ortho intramolecular Hbond substituents is 1. The van der Waals surface area contributed by atoms with Crippen LogP contribution >= 0.6 is 0 Å². The van der Waals surface area contributed by atoms with Gasteiger partial charge in [0.05, 0.1) is 6.61 Å². The normalized spacial score (nSPS) is 10.3. The van der Waals surface area contributed by atoms with E-state index in [4.69, 9.17) is 9.15 Å². The lowest BCUT2D eigenvalue weighted by Crippen LogP contribution is -2.10. The van der Waals surface area contributed by atoms with Gasteiger partial charge in [-0.3, -0.25) is 4.79 Å². The van der Waals surface area contributed by atoms with Crippen molar-refractivity contribution in [2.24, 2.45) is 0 Å². The molecule has 0 radical (unpaired) electrons. The molecule has 0 aliphatic carbocycles. The monoisotopic (exact) mass is 251 g/mol. The number of benzene rings is 1. The third-order valence-corrected chi connectivity index (χ3v) is 2.16. The van der Waals surface area contributed by atoms with Crippen LogP contribution in [0.25, 0.3) is 11.1 Å². The predicted molar refractivity (Wildman–Crippen MR) is 58.7 cm³/mol. The zero-order valence-electron chi connectivity index (χ0n) is 9.37. The number of carbonyl (C=O) groups is 2. The number of phenols is 1. The highest BCUT2D eigenvalue weighted by molar-refractivity contribution is 5.97. The van der Waals surface area contributed by atoms with E-state index >= 15 is 0 Å². The predicted octanol–water partition coefficient (Wildman–Crippen LogP) is 1.88. The second-order valence-corrected chi connectivity index (χ2v) is 3.25. The highest BCUT2D eigenvalue weighted by Gasteiger charge is 2.18. The highest BCUT2D eigenvalue weighted by Crippen LogP contribution is 2.36. The van der Waals surface area contributed by atoms with Gasteiger partial charge in [0, 0.05) is 5.56 Å². The molecule has 0 saturated carbocycles. The van der Waals surface area contributed by atoms with E-state index < -0.39 is 11.9 Å². The summed E-state index contributed by atoms with van der Waals surface area (Å²) in [6.07, 6.45) is 0.608. The van der Waals surface area contributed by atoms with Gasteiger partial charge >= 0.3 is 6.16 Å². The minimum absolute atomic E-state index is 0.0288. The molecular formula is C11H9NO6. The summed E-state index contributed by atoms with van der Waals surface area (Å²) in [5.41, 5.74) is 0.299. The van der Waals surface area contributed by atoms with Crippen LogP contribution in [-0.2, 0) is 4.74 Å². The topological polar surface area (TPSA) is 98.9 Å². The molecule has 0 spiro atoms. The molecule has 0 atom stereocenters. The Morgan fingerprint density at radius 1 is 1.61 bits per heavy atom. The van der Waals surface area contributed by atoms with E-state index in [2.05, 4.69) is 9.72 Å². The Kier molecular flexibility index (Phi) is 3.13. The maximum absolute atomic E-state index is 11.1. The molecule has 1 heterocycles. The summed E-state index contributed by atoms with van der Waals surface area (Å²) >= 11 is 0. The molecule has 1 N–H and O–H groups in total. The molecular weight excluding hydrogens is 242 g/mol. The number of ether oxygens (including phenoxy) is 2. The number of aldehydes is 1. The molecule has 1 aromatic heterocycles. The van der Waals surface area contributed by atoms with Crippen molar-refractivity contribution in [2.45, 2.75) is 6.92 Å². The molecule has 0 unspecified atom stereocenters. The lowest BCUT2D eigenvalue weighted by atomic mass is 10.2. The van der Waals surface area contributed by atoms with Crippen LogP contribution in [-0.4, -0.2) is 29.1 Å². The first kappa shape index (κ1) is 11.9. The molecule has 0 aliphatic rings. The summed E-state index contributed by atoms with van der Waals surface area (Å²) in [6, 6.07) is 1.18. The number of hydrogen-bond acceptors (Lipinski definition) is 7. The van der Waals surface area contributed by atoms with Crippen molar-refractivity contribution in [1.82, 2.24) is 4.98 Å². The summed E-state index contributed by atoms with van der Waals surface area (Å²) < 4.78 is 14.2. The van der Waals surface area contributed by atoms with E-state index in [1.807, 2.05) is 0 Å². The number of carbonyl (C=O) groups excluding carboxylic acids is 2. The molecule has 7 heteroatoms. The molecule has 0 aliphatic heterocycles. The standard InChI is InChI=1S/C11H9NO6/c1-2-16-11(15)18-7-3-6(4-13)8-10(9(7)14)17-5-12-8/h3-5,14H,2H2,1H3. The van der Waals surface area contributed by atoms with Crippen molar-refractivity contribution < 1.29 is 28.6 Å². The number of oxazole rings is 1. The summed E-state index contributed by atoms with van der Waals surface area (Å²) in [6.45, 7) is 1.74. The van der Waals surface area contributed by atoms with Crippen molar-refractivity contribution in [1.29, 1.82) is 0 Å². The SMILES string of the molecule is CCOC(=O)Oc1cc(C=O)c2ncoc2c1O. The first-order chi connectivity index (χ1) is 8.67. The van der Waals surface area contributed by atoms with Crippen LogP contribution in [0, 0.1) is 0 Å². The van der Waals surface area contributed by atoms with Crippen LogP contribution in [0.5, 0.6) is 11.5 Å². The second kappa shape index (κ2) is 4.74. The van der Waals surface area contributed by atoms with Crippen LogP contribution < -0.4 is 4.74 Å². The molecule has 0 fully saturated rings. The van der Waals surface area contributed by atoms with E-state index in [0.29, 0.717) is 6.29 Å². The summed E-state index contributed by atoms with van der Waals surface area (Å²) in [5.74, 6) is -0.638. The summed E-state index contributed by atoms with van der Waals surface area (Å²) in [7, 11) is 0. The molecule has 1 aromatic carbocycles. The van der Waals surface area contributed by atoms with E-state index in [0.717, 1.165) is 6.39 Å². The molecule has 0 bridgehead atoms. The maximum atomic E-state index is 11.1. The third-order valence-electron chi connectivity index (χ3n) is 2.16. The molecule has 0 amide bonds. The quantitative estimate of drug-likeness (QED) is 0.505. The highest BCUT2D eigenvalue weighted by atomic mass is 16.7. The molecule has 2 aromatic rings. The van der Waals surface area contributed by atoms with Gasteiger partial charge in [0.2, 0.25) is 11.3 Å². The van der Waals surface area contributed by atoms with Gasteiger partial charge in [0.1, 0.15) is 5.52 Å². The number of fused-ring (bicyclic) bond motifs is 1. The van der Waals surface area contributed by atoms with E-state index in [9.17, 15) is 14.7 Å². The van der Waals surface area contributed by atoms with E-state index in [1.54, 1.807) is 6.92 Å². The lowest BCUT2D eigenvalue weighted by Gasteiger charge is -2.06. The lowest BCUT2D eigenvalue weighted by molar-refractivity contribution is 0.102. The van der Waals surface area contributed by atoms with Gasteiger partial charge in [-0.25, -0.2) is 9.78 Å². The zero-order chi connectivity index (χ0) is 13.1. The summed E-state index contributed by atoms with van der Waals surface area (Å²) in [4.78, 5) is 25.8. The Morgan fingerprint density at radius 3 is 3.06 bits per heavy atom. The van der Waals surface area contributed by atoms with Crippen LogP contribution in [0.3, 0.4) is 0 Å². The molecule has 94 valence electrons. The average molecular weight is 251 g/mol. The van der Waals surface area contributed by atoms with Gasteiger partial charge in [-0.15, -0.1) is 0 Å². The Balaban J connectivity index is 2.47. The fraction of sp³-hybridized carbons (Fsp3) is 0.182. The van der Waals surface area contributed by atoms with Gasteiger partial charge in [0.25, 0.3) is 0 Å². The van der Waals surface area contributed by atoms with Gasteiger partial charge < -0.3 is 19.0 Å². The Hall–Kier alpha value is -2.57. The van der Waals surface area contributed by atoms with Crippen molar-refractivity contribution in [3.05, 3.63) is 18.0 Å². The minimum Gasteiger partial charge on any atom is -0.502 e. The Morgan fingerprint density at radius 2 is 2.39 bits per heavy atom. The van der Waals surface area contributed by atoms with E-state index in [-0.39, 0.29) is 29.0 Å². The van der Waals surface area contributed by atoms with Gasteiger partial charge in [-0.1, -0.05) is 0 Å². The molecule has 7 nitrogen and oxygen atoms in total. The number of nitrogens with zero attached hydrogens (tertiary/aromatic N) is 1. The number of aromatic hydroxyl groups is 1. The Labute approximate surface area is 101 Å². The molecule has 0 saturated heterocycles. The summed E-state index contributed by atoms with van der Waals surface area (Å²) in [5, 5.41) is 9.79. The first-order valence-electron chi connectivity index (χ1n) is 5.06. The van der Waals surface area contributed by atoms with Crippen molar-refractivity contribution >= 4 is 23.5 Å². The van der Waals surface area contributed by atoms with Crippen LogP contribution in [0.15, 0.2) is 16.9 Å². The fourth-order valence-corrected chi connectivity index (χ4v) is 1.41. The fourth-order valence-electron chi connectivity index (χ4n) is 1.41. The van der Waals surface area contributed by atoms with Gasteiger partial charge in [0.15, 0.2) is 18.4 Å². The first-order valence-corrected chi connectivity index (χ1v) is 5.06. The average Bonchev–Trinajstić information content (AvgIpc) is 2.82. The van der Waals surface area contributed by atoms with E-state index in [1.165, 1.54) is 6.07 Å². The van der Waals surface area contributed by atoms with Crippen molar-refractivity contribution in [2.75, 3.05) is 6.61 Å². The minimum atomic E-state index is -0.983. The van der Waals surface area contributed by atoms with Gasteiger partial charge in [-0.2, -0.15) is 0 Å². The molecule has 2 rings (SSSR count).